The molecule has 0 aliphatic carbocycles. The summed E-state index contributed by atoms with van der Waals surface area (Å²) in [4.78, 5) is 11.1. The van der Waals surface area contributed by atoms with Crippen molar-refractivity contribution in [3.63, 3.8) is 0 Å². The van der Waals surface area contributed by atoms with E-state index in [4.69, 9.17) is 5.11 Å². The predicted octanol–water partition coefficient (Wildman–Crippen LogP) is 3.06. The third-order valence-electron chi connectivity index (χ3n) is 3.46. The second kappa shape index (κ2) is 6.89. The van der Waals surface area contributed by atoms with E-state index in [0.29, 0.717) is 0 Å². The first-order valence-electron chi connectivity index (χ1n) is 6.33. The molecule has 0 bridgehead atoms. The van der Waals surface area contributed by atoms with E-state index < -0.39 is 11.6 Å². The number of rotatable bonds is 8. The van der Waals surface area contributed by atoms with Crippen molar-refractivity contribution in [2.24, 2.45) is 11.8 Å². The van der Waals surface area contributed by atoms with Gasteiger partial charge in [0.05, 0.1) is 0 Å². The Morgan fingerprint density at radius 2 is 1.75 bits per heavy atom. The van der Waals surface area contributed by atoms with Crippen LogP contribution in [0.25, 0.3) is 0 Å². The number of hydrogen-bond acceptors (Lipinski definition) is 2. The molecule has 0 amide bonds. The average Bonchev–Trinajstić information content (AvgIpc) is 2.22. The van der Waals surface area contributed by atoms with Crippen LogP contribution in [0.5, 0.6) is 0 Å². The molecule has 2 atom stereocenters. The SMILES string of the molecule is CCCCCCC(C)C(O)(C(=O)O)C(C)C. The molecule has 0 heterocycles. The monoisotopic (exact) mass is 230 g/mol. The zero-order chi connectivity index (χ0) is 12.8. The molecule has 0 radical (unpaired) electrons. The molecule has 0 fully saturated rings. The molecule has 0 saturated carbocycles. The fraction of sp³-hybridized carbons (Fsp3) is 0.923. The third-order valence-corrected chi connectivity index (χ3v) is 3.46. The summed E-state index contributed by atoms with van der Waals surface area (Å²) < 4.78 is 0. The molecule has 3 nitrogen and oxygen atoms in total. The Morgan fingerprint density at radius 3 is 2.12 bits per heavy atom. The average molecular weight is 230 g/mol. The lowest BCUT2D eigenvalue weighted by atomic mass is 9.77. The van der Waals surface area contributed by atoms with Crippen LogP contribution < -0.4 is 0 Å². The fourth-order valence-corrected chi connectivity index (χ4v) is 2.12. The van der Waals surface area contributed by atoms with E-state index in [-0.39, 0.29) is 11.8 Å². The Hall–Kier alpha value is -0.570. The third kappa shape index (κ3) is 3.78. The van der Waals surface area contributed by atoms with E-state index in [1.54, 1.807) is 13.8 Å². The minimum absolute atomic E-state index is 0.193. The number of unbranched alkanes of at least 4 members (excludes halogenated alkanes) is 3. The van der Waals surface area contributed by atoms with Gasteiger partial charge in [0.1, 0.15) is 0 Å². The van der Waals surface area contributed by atoms with Crippen LogP contribution in [0.2, 0.25) is 0 Å². The van der Waals surface area contributed by atoms with Crippen molar-refractivity contribution in [3.8, 4) is 0 Å². The maximum absolute atomic E-state index is 11.1. The molecule has 0 aromatic heterocycles. The fourth-order valence-electron chi connectivity index (χ4n) is 2.12. The number of carbonyl (C=O) groups is 1. The van der Waals surface area contributed by atoms with Crippen LogP contribution in [0.15, 0.2) is 0 Å². The van der Waals surface area contributed by atoms with Gasteiger partial charge in [0.25, 0.3) is 0 Å². The molecular weight excluding hydrogens is 204 g/mol. The highest BCUT2D eigenvalue weighted by atomic mass is 16.4. The van der Waals surface area contributed by atoms with Gasteiger partial charge in [-0.05, 0) is 18.3 Å². The summed E-state index contributed by atoms with van der Waals surface area (Å²) in [5.74, 6) is -1.54. The number of aliphatic hydroxyl groups is 1. The van der Waals surface area contributed by atoms with Crippen molar-refractivity contribution in [2.75, 3.05) is 0 Å². The topological polar surface area (TPSA) is 57.5 Å². The van der Waals surface area contributed by atoms with Crippen molar-refractivity contribution >= 4 is 5.97 Å². The van der Waals surface area contributed by atoms with Crippen LogP contribution in [-0.4, -0.2) is 21.8 Å². The van der Waals surface area contributed by atoms with E-state index in [9.17, 15) is 9.90 Å². The lowest BCUT2D eigenvalue weighted by Gasteiger charge is -2.33. The Balaban J connectivity index is 4.30. The maximum atomic E-state index is 11.1. The van der Waals surface area contributed by atoms with E-state index in [1.807, 2.05) is 6.92 Å². The minimum Gasteiger partial charge on any atom is -0.479 e. The molecule has 0 rings (SSSR count). The van der Waals surface area contributed by atoms with Crippen molar-refractivity contribution in [1.82, 2.24) is 0 Å². The van der Waals surface area contributed by atoms with E-state index in [0.717, 1.165) is 19.3 Å². The molecule has 3 heteroatoms. The summed E-state index contributed by atoms with van der Waals surface area (Å²) in [6, 6.07) is 0. The first kappa shape index (κ1) is 15.4. The van der Waals surface area contributed by atoms with Gasteiger partial charge in [-0.15, -0.1) is 0 Å². The molecule has 2 unspecified atom stereocenters. The second-order valence-corrected chi connectivity index (χ2v) is 5.04. The van der Waals surface area contributed by atoms with Crippen LogP contribution in [0.1, 0.15) is 59.8 Å². The molecule has 0 saturated heterocycles. The Labute approximate surface area is 98.9 Å². The molecule has 0 aliphatic rings. The van der Waals surface area contributed by atoms with Crippen molar-refractivity contribution in [2.45, 2.75) is 65.4 Å². The zero-order valence-electron chi connectivity index (χ0n) is 11.0. The van der Waals surface area contributed by atoms with Gasteiger partial charge < -0.3 is 10.2 Å². The Bertz CT molecular complexity index is 213. The zero-order valence-corrected chi connectivity index (χ0v) is 11.0. The van der Waals surface area contributed by atoms with Gasteiger partial charge in [0.15, 0.2) is 5.60 Å². The summed E-state index contributed by atoms with van der Waals surface area (Å²) in [6.45, 7) is 7.50. The standard InChI is InChI=1S/C13H26O3/c1-5-6-7-8-9-11(4)13(16,10(2)3)12(14)15/h10-11,16H,5-9H2,1-4H3,(H,14,15). The highest BCUT2D eigenvalue weighted by Gasteiger charge is 2.44. The summed E-state index contributed by atoms with van der Waals surface area (Å²) in [7, 11) is 0. The number of carboxylic acid groups (broad SMARTS) is 1. The predicted molar refractivity (Wildman–Crippen MR) is 65.3 cm³/mol. The van der Waals surface area contributed by atoms with Gasteiger partial charge in [-0.1, -0.05) is 53.4 Å². The lowest BCUT2D eigenvalue weighted by molar-refractivity contribution is -0.171. The second-order valence-electron chi connectivity index (χ2n) is 5.04. The van der Waals surface area contributed by atoms with E-state index in [1.165, 1.54) is 12.8 Å². The number of aliphatic carboxylic acids is 1. The smallest absolute Gasteiger partial charge is 0.336 e. The minimum atomic E-state index is -1.58. The lowest BCUT2D eigenvalue weighted by Crippen LogP contribution is -2.49. The quantitative estimate of drug-likeness (QED) is 0.630. The van der Waals surface area contributed by atoms with Gasteiger partial charge in [-0.3, -0.25) is 0 Å². The largest absolute Gasteiger partial charge is 0.479 e. The highest BCUT2D eigenvalue weighted by molar-refractivity contribution is 5.77. The summed E-state index contributed by atoms with van der Waals surface area (Å²) in [6.07, 6.45) is 5.24. The molecule has 0 spiro atoms. The Kier molecular flexibility index (Phi) is 6.65. The molecular formula is C13H26O3. The first-order valence-corrected chi connectivity index (χ1v) is 6.33. The normalized spacial score (nSPS) is 17.1. The highest BCUT2D eigenvalue weighted by Crippen LogP contribution is 2.30. The molecule has 2 N–H and O–H groups in total. The maximum Gasteiger partial charge on any atom is 0.336 e. The van der Waals surface area contributed by atoms with Crippen molar-refractivity contribution < 1.29 is 15.0 Å². The molecule has 16 heavy (non-hydrogen) atoms. The number of hydrogen-bond donors (Lipinski definition) is 2. The van der Waals surface area contributed by atoms with Gasteiger partial charge >= 0.3 is 5.97 Å². The molecule has 0 aromatic rings. The van der Waals surface area contributed by atoms with Crippen molar-refractivity contribution in [1.29, 1.82) is 0 Å². The van der Waals surface area contributed by atoms with Gasteiger partial charge in [-0.25, -0.2) is 4.79 Å². The van der Waals surface area contributed by atoms with E-state index in [2.05, 4.69) is 6.92 Å². The Morgan fingerprint density at radius 1 is 1.19 bits per heavy atom. The summed E-state index contributed by atoms with van der Waals surface area (Å²) in [5, 5.41) is 19.3. The molecule has 0 aliphatic heterocycles. The van der Waals surface area contributed by atoms with E-state index >= 15 is 0 Å². The summed E-state index contributed by atoms with van der Waals surface area (Å²) >= 11 is 0. The van der Waals surface area contributed by atoms with Crippen LogP contribution in [0.4, 0.5) is 0 Å². The van der Waals surface area contributed by atoms with Crippen LogP contribution in [0, 0.1) is 11.8 Å². The van der Waals surface area contributed by atoms with Crippen LogP contribution in [0.3, 0.4) is 0 Å². The van der Waals surface area contributed by atoms with Crippen LogP contribution in [-0.2, 0) is 4.79 Å². The molecule has 96 valence electrons. The van der Waals surface area contributed by atoms with Gasteiger partial charge in [0.2, 0.25) is 0 Å². The van der Waals surface area contributed by atoms with Crippen molar-refractivity contribution in [3.05, 3.63) is 0 Å². The van der Waals surface area contributed by atoms with Crippen LogP contribution >= 0.6 is 0 Å². The molecule has 0 aromatic carbocycles. The number of carboxylic acids is 1. The first-order chi connectivity index (χ1) is 7.37. The van der Waals surface area contributed by atoms with Gasteiger partial charge in [-0.2, -0.15) is 0 Å². The van der Waals surface area contributed by atoms with Gasteiger partial charge in [0, 0.05) is 0 Å². The summed E-state index contributed by atoms with van der Waals surface area (Å²) in [5.41, 5.74) is -1.58.